The highest BCUT2D eigenvalue weighted by Gasteiger charge is 2.12. The maximum atomic E-state index is 13.1. The second kappa shape index (κ2) is 6.48. The molecular weight excluding hydrogens is 331 g/mol. The van der Waals surface area contributed by atoms with E-state index in [0.29, 0.717) is 6.42 Å². The minimum atomic E-state index is -0.426. The number of benzene rings is 2. The van der Waals surface area contributed by atoms with Crippen molar-refractivity contribution in [3.05, 3.63) is 68.9 Å². The molecule has 0 spiro atoms. The lowest BCUT2D eigenvalue weighted by molar-refractivity contribution is 0.549. The van der Waals surface area contributed by atoms with Crippen LogP contribution in [0.5, 0.6) is 0 Å². The summed E-state index contributed by atoms with van der Waals surface area (Å²) in [6.45, 7) is 0. The van der Waals surface area contributed by atoms with E-state index >= 15 is 0 Å². The summed E-state index contributed by atoms with van der Waals surface area (Å²) in [4.78, 5) is 0. The van der Waals surface area contributed by atoms with Crippen molar-refractivity contribution < 1.29 is 4.39 Å². The van der Waals surface area contributed by atoms with Crippen LogP contribution in [-0.2, 0) is 6.42 Å². The van der Waals surface area contributed by atoms with Crippen LogP contribution in [0.2, 0.25) is 5.02 Å². The van der Waals surface area contributed by atoms with Gasteiger partial charge < -0.3 is 0 Å². The molecular formula is C14H13BrClFN2. The number of rotatable bonds is 4. The molecule has 0 saturated heterocycles. The van der Waals surface area contributed by atoms with Crippen molar-refractivity contribution in [3.63, 3.8) is 0 Å². The molecule has 0 radical (unpaired) electrons. The van der Waals surface area contributed by atoms with Crippen LogP contribution in [0.1, 0.15) is 17.2 Å². The van der Waals surface area contributed by atoms with Gasteiger partial charge >= 0.3 is 0 Å². The van der Waals surface area contributed by atoms with Crippen LogP contribution in [0.25, 0.3) is 0 Å². The molecule has 2 rings (SSSR count). The van der Waals surface area contributed by atoms with Crippen LogP contribution >= 0.6 is 27.5 Å². The SMILES string of the molecule is NNC(Cc1ccc(Br)cc1)c1ccc(F)c(Cl)c1. The zero-order chi connectivity index (χ0) is 13.8. The molecule has 0 amide bonds. The molecule has 100 valence electrons. The van der Waals surface area contributed by atoms with E-state index < -0.39 is 5.82 Å². The minimum Gasteiger partial charge on any atom is -0.271 e. The molecule has 1 atom stereocenters. The third-order valence-corrected chi connectivity index (χ3v) is 3.72. The van der Waals surface area contributed by atoms with Gasteiger partial charge in [0.25, 0.3) is 0 Å². The van der Waals surface area contributed by atoms with Gasteiger partial charge in [-0.3, -0.25) is 11.3 Å². The number of hydrogen-bond donors (Lipinski definition) is 2. The van der Waals surface area contributed by atoms with Crippen LogP contribution in [0.15, 0.2) is 46.9 Å². The normalized spacial score (nSPS) is 12.4. The third kappa shape index (κ3) is 3.76. The Morgan fingerprint density at radius 3 is 2.47 bits per heavy atom. The maximum absolute atomic E-state index is 13.1. The van der Waals surface area contributed by atoms with Crippen molar-refractivity contribution in [3.8, 4) is 0 Å². The molecule has 19 heavy (non-hydrogen) atoms. The standard InChI is InChI=1S/C14H13BrClFN2/c15-11-4-1-9(2-5-11)7-14(19-18)10-3-6-13(17)12(16)8-10/h1-6,8,14,19H,7,18H2. The van der Waals surface area contributed by atoms with Gasteiger partial charge in [-0.05, 0) is 41.8 Å². The van der Waals surface area contributed by atoms with E-state index in [9.17, 15) is 4.39 Å². The van der Waals surface area contributed by atoms with E-state index in [1.54, 1.807) is 12.1 Å². The topological polar surface area (TPSA) is 38.0 Å². The predicted molar refractivity (Wildman–Crippen MR) is 79.3 cm³/mol. The molecule has 0 aliphatic rings. The Labute approximate surface area is 124 Å². The molecule has 0 saturated carbocycles. The van der Waals surface area contributed by atoms with Crippen LogP contribution in [0.4, 0.5) is 4.39 Å². The van der Waals surface area contributed by atoms with E-state index in [4.69, 9.17) is 17.4 Å². The fourth-order valence-electron chi connectivity index (χ4n) is 1.86. The molecule has 0 heterocycles. The number of hydrazine groups is 1. The van der Waals surface area contributed by atoms with Gasteiger partial charge in [0, 0.05) is 4.47 Å². The average molecular weight is 344 g/mol. The smallest absolute Gasteiger partial charge is 0.141 e. The lowest BCUT2D eigenvalue weighted by atomic mass is 9.99. The lowest BCUT2D eigenvalue weighted by Gasteiger charge is -2.17. The van der Waals surface area contributed by atoms with Crippen molar-refractivity contribution in [2.75, 3.05) is 0 Å². The third-order valence-electron chi connectivity index (χ3n) is 2.90. The molecule has 0 fully saturated rings. The number of hydrogen-bond acceptors (Lipinski definition) is 2. The summed E-state index contributed by atoms with van der Waals surface area (Å²) in [5.41, 5.74) is 4.72. The van der Waals surface area contributed by atoms with Gasteiger partial charge in [0.15, 0.2) is 0 Å². The van der Waals surface area contributed by atoms with Crippen molar-refractivity contribution in [2.24, 2.45) is 5.84 Å². The highest BCUT2D eigenvalue weighted by molar-refractivity contribution is 9.10. The lowest BCUT2D eigenvalue weighted by Crippen LogP contribution is -2.29. The van der Waals surface area contributed by atoms with Gasteiger partial charge in [-0.25, -0.2) is 4.39 Å². The number of nitrogens with two attached hydrogens (primary N) is 1. The largest absolute Gasteiger partial charge is 0.271 e. The summed E-state index contributed by atoms with van der Waals surface area (Å²) in [5, 5.41) is 0.105. The Morgan fingerprint density at radius 2 is 1.89 bits per heavy atom. The fourth-order valence-corrected chi connectivity index (χ4v) is 2.31. The Morgan fingerprint density at radius 1 is 1.21 bits per heavy atom. The zero-order valence-electron chi connectivity index (χ0n) is 10.0. The monoisotopic (exact) mass is 342 g/mol. The molecule has 0 aliphatic heterocycles. The summed E-state index contributed by atoms with van der Waals surface area (Å²) >= 11 is 9.18. The first-order valence-corrected chi connectivity index (χ1v) is 6.93. The predicted octanol–water partition coefficient (Wildman–Crippen LogP) is 3.99. The van der Waals surface area contributed by atoms with Crippen LogP contribution in [0, 0.1) is 5.82 Å². The van der Waals surface area contributed by atoms with Gasteiger partial charge in [0.1, 0.15) is 5.82 Å². The first-order valence-electron chi connectivity index (χ1n) is 5.75. The van der Waals surface area contributed by atoms with Crippen LogP contribution < -0.4 is 11.3 Å². The molecule has 0 aromatic heterocycles. The number of nitrogens with one attached hydrogen (secondary N) is 1. The van der Waals surface area contributed by atoms with Crippen molar-refractivity contribution in [2.45, 2.75) is 12.5 Å². The Balaban J connectivity index is 2.19. The van der Waals surface area contributed by atoms with Gasteiger partial charge in [0.05, 0.1) is 11.1 Å². The highest BCUT2D eigenvalue weighted by atomic mass is 79.9. The Hall–Kier alpha value is -0.940. The molecule has 1 unspecified atom stereocenters. The second-order valence-electron chi connectivity index (χ2n) is 4.22. The fraction of sp³-hybridized carbons (Fsp3) is 0.143. The zero-order valence-corrected chi connectivity index (χ0v) is 12.4. The Kier molecular flexibility index (Phi) is 4.93. The number of halogens is 3. The molecule has 0 bridgehead atoms. The molecule has 2 nitrogen and oxygen atoms in total. The molecule has 0 aliphatic carbocycles. The van der Waals surface area contributed by atoms with E-state index in [-0.39, 0.29) is 11.1 Å². The summed E-state index contributed by atoms with van der Waals surface area (Å²) in [7, 11) is 0. The summed E-state index contributed by atoms with van der Waals surface area (Å²) < 4.78 is 14.2. The van der Waals surface area contributed by atoms with E-state index in [1.165, 1.54) is 6.07 Å². The van der Waals surface area contributed by atoms with Gasteiger partial charge in [-0.1, -0.05) is 45.7 Å². The Bertz CT molecular complexity index is 560. The molecule has 3 N–H and O–H groups in total. The first kappa shape index (κ1) is 14.5. The van der Waals surface area contributed by atoms with Crippen molar-refractivity contribution in [1.82, 2.24) is 5.43 Å². The first-order chi connectivity index (χ1) is 9.10. The summed E-state index contributed by atoms with van der Waals surface area (Å²) in [6, 6.07) is 12.5. The van der Waals surface area contributed by atoms with E-state index in [0.717, 1.165) is 15.6 Å². The summed E-state index contributed by atoms with van der Waals surface area (Å²) in [6.07, 6.45) is 0.700. The van der Waals surface area contributed by atoms with Gasteiger partial charge in [-0.2, -0.15) is 0 Å². The van der Waals surface area contributed by atoms with Crippen molar-refractivity contribution >= 4 is 27.5 Å². The molecule has 2 aromatic carbocycles. The van der Waals surface area contributed by atoms with Gasteiger partial charge in [-0.15, -0.1) is 0 Å². The van der Waals surface area contributed by atoms with Crippen LogP contribution in [0.3, 0.4) is 0 Å². The van der Waals surface area contributed by atoms with Gasteiger partial charge in [0.2, 0.25) is 0 Å². The maximum Gasteiger partial charge on any atom is 0.141 e. The highest BCUT2D eigenvalue weighted by Crippen LogP contribution is 2.23. The quantitative estimate of drug-likeness (QED) is 0.651. The summed E-state index contributed by atoms with van der Waals surface area (Å²) in [5.74, 6) is 5.15. The molecule has 5 heteroatoms. The molecule has 2 aromatic rings. The average Bonchev–Trinajstić information content (AvgIpc) is 2.41. The minimum absolute atomic E-state index is 0.105. The second-order valence-corrected chi connectivity index (χ2v) is 5.55. The van der Waals surface area contributed by atoms with E-state index in [1.807, 2.05) is 24.3 Å². The van der Waals surface area contributed by atoms with Crippen LogP contribution in [-0.4, -0.2) is 0 Å². The van der Waals surface area contributed by atoms with Crippen molar-refractivity contribution in [1.29, 1.82) is 0 Å². The van der Waals surface area contributed by atoms with E-state index in [2.05, 4.69) is 21.4 Å².